The van der Waals surface area contributed by atoms with Gasteiger partial charge in [0.2, 0.25) is 11.8 Å². The number of carbonyl (C=O) groups is 3. The van der Waals surface area contributed by atoms with Gasteiger partial charge >= 0.3 is 0 Å². The summed E-state index contributed by atoms with van der Waals surface area (Å²) in [6.07, 6.45) is 0.176. The third-order valence-corrected chi connectivity index (χ3v) is 7.89. The molecule has 160 valence electrons. The third-order valence-electron chi connectivity index (χ3n) is 4.77. The molecule has 0 saturated carbocycles. The molecule has 2 aromatic rings. The maximum Gasteiger partial charge on any atom is 0.251 e. The maximum absolute atomic E-state index is 12.4. The van der Waals surface area contributed by atoms with Crippen LogP contribution in [0.1, 0.15) is 34.1 Å². The highest BCUT2D eigenvalue weighted by molar-refractivity contribution is 7.91. The fraction of sp³-hybridized carbons (Fsp3) is 0.316. The minimum Gasteiger partial charge on any atom is -0.365 e. The van der Waals surface area contributed by atoms with E-state index in [1.807, 2.05) is 0 Å². The van der Waals surface area contributed by atoms with Crippen molar-refractivity contribution in [3.63, 3.8) is 0 Å². The summed E-state index contributed by atoms with van der Waals surface area (Å²) in [7, 11) is -3.66. The lowest BCUT2D eigenvalue weighted by atomic mass is 10.0. The van der Waals surface area contributed by atoms with Crippen LogP contribution < -0.4 is 11.1 Å². The highest BCUT2D eigenvalue weighted by Crippen LogP contribution is 2.37. The summed E-state index contributed by atoms with van der Waals surface area (Å²) in [5.74, 6) is -1.69. The van der Waals surface area contributed by atoms with Gasteiger partial charge in [0.1, 0.15) is 5.00 Å². The lowest BCUT2D eigenvalue weighted by molar-refractivity contribution is -0.129. The number of amides is 3. The van der Waals surface area contributed by atoms with E-state index in [9.17, 15) is 22.8 Å². The molecular weight excluding hydrogens is 450 g/mol. The number of sulfone groups is 1. The van der Waals surface area contributed by atoms with E-state index in [2.05, 4.69) is 5.32 Å². The fourth-order valence-electron chi connectivity index (χ4n) is 3.20. The van der Waals surface area contributed by atoms with Gasteiger partial charge in [0.15, 0.2) is 9.84 Å². The summed E-state index contributed by atoms with van der Waals surface area (Å²) in [5, 5.41) is 3.31. The number of nitrogens with one attached hydrogen (secondary N) is 1. The van der Waals surface area contributed by atoms with E-state index in [4.69, 9.17) is 17.3 Å². The van der Waals surface area contributed by atoms with Crippen LogP contribution in [0, 0.1) is 0 Å². The van der Waals surface area contributed by atoms with E-state index in [1.54, 1.807) is 4.90 Å². The lowest BCUT2D eigenvalue weighted by Gasteiger charge is -2.25. The van der Waals surface area contributed by atoms with Gasteiger partial charge in [-0.25, -0.2) is 8.42 Å². The van der Waals surface area contributed by atoms with Crippen LogP contribution in [-0.2, 0) is 32.4 Å². The van der Waals surface area contributed by atoms with Crippen molar-refractivity contribution in [2.45, 2.75) is 31.2 Å². The van der Waals surface area contributed by atoms with Gasteiger partial charge in [-0.2, -0.15) is 0 Å². The molecule has 0 atom stereocenters. The summed E-state index contributed by atoms with van der Waals surface area (Å²) in [6, 6.07) is 5.70. The smallest absolute Gasteiger partial charge is 0.251 e. The van der Waals surface area contributed by atoms with Crippen LogP contribution in [0.15, 0.2) is 29.2 Å². The molecule has 0 saturated heterocycles. The molecule has 0 aliphatic carbocycles. The van der Waals surface area contributed by atoms with E-state index in [0.717, 1.165) is 10.4 Å². The van der Waals surface area contributed by atoms with Crippen molar-refractivity contribution in [3.8, 4) is 0 Å². The third kappa shape index (κ3) is 4.82. The monoisotopic (exact) mass is 469 g/mol. The predicted molar refractivity (Wildman–Crippen MR) is 114 cm³/mol. The van der Waals surface area contributed by atoms with Gasteiger partial charge in [0.05, 0.1) is 22.8 Å². The van der Waals surface area contributed by atoms with Crippen molar-refractivity contribution in [1.29, 1.82) is 0 Å². The van der Waals surface area contributed by atoms with E-state index in [-0.39, 0.29) is 27.8 Å². The molecule has 2 heterocycles. The molecule has 3 N–H and O–H groups in total. The number of nitrogens with zero attached hydrogens (tertiary/aromatic N) is 1. The number of primary amides is 1. The van der Waals surface area contributed by atoms with Crippen molar-refractivity contribution in [2.24, 2.45) is 5.73 Å². The van der Waals surface area contributed by atoms with Crippen molar-refractivity contribution >= 4 is 55.5 Å². The molecule has 30 heavy (non-hydrogen) atoms. The molecule has 8 nitrogen and oxygen atoms in total. The molecule has 0 fully saturated rings. The number of halogens is 1. The molecule has 11 heteroatoms. The first-order valence-electron chi connectivity index (χ1n) is 9.06. The number of carbonyl (C=O) groups excluding carboxylic acids is 3. The molecule has 0 bridgehead atoms. The Morgan fingerprint density at radius 3 is 2.50 bits per heavy atom. The maximum atomic E-state index is 12.4. The van der Waals surface area contributed by atoms with E-state index < -0.39 is 27.4 Å². The molecule has 1 aromatic heterocycles. The zero-order valence-corrected chi connectivity index (χ0v) is 18.5. The molecule has 0 unspecified atom stereocenters. The predicted octanol–water partition coefficient (Wildman–Crippen LogP) is 2.21. The molecule has 1 aliphatic heterocycles. The van der Waals surface area contributed by atoms with Crippen LogP contribution in [-0.4, -0.2) is 43.3 Å². The Labute approximate surface area is 182 Å². The van der Waals surface area contributed by atoms with Crippen molar-refractivity contribution < 1.29 is 22.8 Å². The van der Waals surface area contributed by atoms with E-state index >= 15 is 0 Å². The highest BCUT2D eigenvalue weighted by atomic mass is 35.5. The Balaban J connectivity index is 1.73. The van der Waals surface area contributed by atoms with Gasteiger partial charge in [-0.05, 0) is 36.2 Å². The second-order valence-corrected chi connectivity index (χ2v) is 10.5. The van der Waals surface area contributed by atoms with Crippen LogP contribution in [0.4, 0.5) is 5.00 Å². The summed E-state index contributed by atoms with van der Waals surface area (Å²) >= 11 is 6.95. The SMILES string of the molecule is CC(=O)N1CCc2c(sc(NC(=O)CCS(=O)(=O)c3ccc(Cl)cc3)c2C(N)=O)C1. The average Bonchev–Trinajstić information content (AvgIpc) is 3.03. The molecule has 3 rings (SSSR count). The first-order chi connectivity index (χ1) is 14.1. The van der Waals surface area contributed by atoms with Crippen molar-refractivity contribution in [2.75, 3.05) is 17.6 Å². The zero-order chi connectivity index (χ0) is 22.1. The van der Waals surface area contributed by atoms with Gasteiger partial charge in [-0.1, -0.05) is 11.6 Å². The second-order valence-electron chi connectivity index (χ2n) is 6.83. The number of anilines is 1. The van der Waals surface area contributed by atoms with Crippen molar-refractivity contribution in [1.82, 2.24) is 4.90 Å². The fourth-order valence-corrected chi connectivity index (χ4v) is 5.85. The van der Waals surface area contributed by atoms with Gasteiger partial charge in [-0.3, -0.25) is 14.4 Å². The number of nitrogens with two attached hydrogens (primary N) is 1. The van der Waals surface area contributed by atoms with Gasteiger partial charge in [0, 0.05) is 29.8 Å². The largest absolute Gasteiger partial charge is 0.365 e. The molecule has 0 radical (unpaired) electrons. The molecule has 0 spiro atoms. The van der Waals surface area contributed by atoms with Crippen LogP contribution >= 0.6 is 22.9 Å². The Morgan fingerprint density at radius 1 is 1.23 bits per heavy atom. The van der Waals surface area contributed by atoms with E-state index in [0.29, 0.717) is 24.5 Å². The average molecular weight is 470 g/mol. The first kappa shape index (κ1) is 22.3. The minimum absolute atomic E-state index is 0.0762. The lowest BCUT2D eigenvalue weighted by Crippen LogP contribution is -2.34. The summed E-state index contributed by atoms with van der Waals surface area (Å²) in [4.78, 5) is 38.5. The number of hydrogen-bond acceptors (Lipinski definition) is 6. The van der Waals surface area contributed by atoms with Crippen LogP contribution in [0.2, 0.25) is 5.02 Å². The quantitative estimate of drug-likeness (QED) is 0.670. The number of hydrogen-bond donors (Lipinski definition) is 2. The molecular formula is C19H20ClN3O5S2. The van der Waals surface area contributed by atoms with Crippen LogP contribution in [0.3, 0.4) is 0 Å². The zero-order valence-electron chi connectivity index (χ0n) is 16.1. The molecule has 1 aliphatic rings. The first-order valence-corrected chi connectivity index (χ1v) is 11.9. The standard InChI is InChI=1S/C19H20ClN3O5S2/c1-11(24)23-8-6-14-15(10-23)29-19(17(14)18(21)26)22-16(25)7-9-30(27,28)13-4-2-12(20)3-5-13/h2-5H,6-10H2,1H3,(H2,21,26)(H,22,25). The number of rotatable bonds is 6. The second kappa shape index (κ2) is 8.75. The topological polar surface area (TPSA) is 127 Å². The normalized spacial score (nSPS) is 13.6. The van der Waals surface area contributed by atoms with Gasteiger partial charge < -0.3 is 16.0 Å². The Kier molecular flexibility index (Phi) is 6.49. The Hall–Kier alpha value is -2.43. The summed E-state index contributed by atoms with van der Waals surface area (Å²) < 4.78 is 24.8. The Morgan fingerprint density at radius 2 is 1.90 bits per heavy atom. The van der Waals surface area contributed by atoms with Gasteiger partial charge in [0.25, 0.3) is 5.91 Å². The number of fused-ring (bicyclic) bond motifs is 1. The number of thiophene rings is 1. The summed E-state index contributed by atoms with van der Waals surface area (Å²) in [6.45, 7) is 2.28. The minimum atomic E-state index is -3.66. The van der Waals surface area contributed by atoms with E-state index in [1.165, 1.54) is 42.5 Å². The Bertz CT molecular complexity index is 1110. The molecule has 1 aromatic carbocycles. The highest BCUT2D eigenvalue weighted by Gasteiger charge is 2.28. The van der Waals surface area contributed by atoms with Crippen LogP contribution in [0.5, 0.6) is 0 Å². The molecule has 3 amide bonds. The van der Waals surface area contributed by atoms with Crippen LogP contribution in [0.25, 0.3) is 0 Å². The van der Waals surface area contributed by atoms with Crippen molar-refractivity contribution in [3.05, 3.63) is 45.3 Å². The summed E-state index contributed by atoms with van der Waals surface area (Å²) in [5.41, 5.74) is 6.47. The van der Waals surface area contributed by atoms with Gasteiger partial charge in [-0.15, -0.1) is 11.3 Å². The number of benzene rings is 1.